The zero-order valence-electron chi connectivity index (χ0n) is 29.8. The minimum atomic E-state index is -4.26. The lowest BCUT2D eigenvalue weighted by Crippen LogP contribution is -2.55. The zero-order chi connectivity index (χ0) is 39.3. The molecule has 2 amide bonds. The van der Waals surface area contributed by atoms with Crippen molar-refractivity contribution < 1.29 is 66.1 Å². The summed E-state index contributed by atoms with van der Waals surface area (Å²) >= 11 is 0. The predicted molar refractivity (Wildman–Crippen MR) is 184 cm³/mol. The third-order valence-corrected chi connectivity index (χ3v) is 11.3. The first-order valence-electron chi connectivity index (χ1n) is 17.3. The van der Waals surface area contributed by atoms with Gasteiger partial charge in [-0.2, -0.15) is 0 Å². The van der Waals surface area contributed by atoms with E-state index in [9.17, 15) is 42.5 Å². The van der Waals surface area contributed by atoms with Crippen LogP contribution in [0.15, 0.2) is 44.9 Å². The number of aromatic nitrogens is 2. The fraction of sp³-hybridized carbons (Fsp3) is 0.625. The average Bonchev–Trinajstić information content (AvgIpc) is 3.69. The Morgan fingerprint density at radius 2 is 1.83 bits per heavy atom. The van der Waals surface area contributed by atoms with E-state index in [-0.39, 0.29) is 53.2 Å². The second-order valence-electron chi connectivity index (χ2n) is 12.6. The van der Waals surface area contributed by atoms with Crippen molar-refractivity contribution in [1.29, 1.82) is 0 Å². The number of carbonyl (C=O) groups is 4. The number of carboxylic acids is 1. The van der Waals surface area contributed by atoms with Gasteiger partial charge in [-0.25, -0.2) is 13.2 Å². The lowest BCUT2D eigenvalue weighted by Gasteiger charge is -2.35. The highest BCUT2D eigenvalue weighted by Gasteiger charge is 2.48. The summed E-state index contributed by atoms with van der Waals surface area (Å²) in [4.78, 5) is 66.9. The second-order valence-corrected chi connectivity index (χ2v) is 16.3. The molecule has 296 valence electrons. The Labute approximate surface area is 307 Å². The molecule has 2 heterocycles. The molecule has 1 aliphatic carbocycles. The number of benzene rings is 1. The van der Waals surface area contributed by atoms with Crippen molar-refractivity contribution in [3.63, 3.8) is 0 Å². The molecule has 1 aromatic carbocycles. The summed E-state index contributed by atoms with van der Waals surface area (Å²) in [5.41, 5.74) is 0. The maximum absolute atomic E-state index is 13.1. The van der Waals surface area contributed by atoms with Crippen LogP contribution in [0.3, 0.4) is 0 Å². The van der Waals surface area contributed by atoms with Crippen molar-refractivity contribution in [3.8, 4) is 5.88 Å². The van der Waals surface area contributed by atoms with E-state index >= 15 is 0 Å². The highest BCUT2D eigenvalue weighted by Crippen LogP contribution is 2.40. The van der Waals surface area contributed by atoms with Crippen LogP contribution in [0.2, 0.25) is 0 Å². The van der Waals surface area contributed by atoms with Crippen LogP contribution in [0.25, 0.3) is 0 Å². The van der Waals surface area contributed by atoms with Crippen LogP contribution >= 0.6 is 7.60 Å². The highest BCUT2D eigenvalue weighted by molar-refractivity contribution is 7.91. The van der Waals surface area contributed by atoms with Gasteiger partial charge in [-0.15, -0.1) is 0 Å². The number of likely N-dealkylation sites (tertiary alicyclic amines) is 1. The number of sulfone groups is 1. The van der Waals surface area contributed by atoms with Crippen LogP contribution in [-0.4, -0.2) is 107 Å². The number of ether oxygens (including phenoxy) is 2. The minimum absolute atomic E-state index is 0.00817. The third kappa shape index (κ3) is 12.2. The number of carboxylic acid groups (broad SMARTS) is 1. The van der Waals surface area contributed by atoms with Gasteiger partial charge in [0.05, 0.1) is 35.3 Å². The Hall–Kier alpha value is -4.10. The molecule has 19 nitrogen and oxygen atoms in total. The first-order valence-corrected chi connectivity index (χ1v) is 20.6. The van der Waals surface area contributed by atoms with Crippen molar-refractivity contribution in [2.45, 2.75) is 106 Å². The molecule has 0 spiro atoms. The Kier molecular flexibility index (Phi) is 16.2. The van der Waals surface area contributed by atoms with Gasteiger partial charge >= 0.3 is 30.4 Å². The molecule has 5 N–H and O–H groups in total. The Morgan fingerprint density at radius 3 is 2.45 bits per heavy atom. The Bertz CT molecular complexity index is 1700. The van der Waals surface area contributed by atoms with Crippen molar-refractivity contribution in [2.75, 3.05) is 25.9 Å². The van der Waals surface area contributed by atoms with E-state index in [2.05, 4.69) is 20.4 Å². The van der Waals surface area contributed by atoms with Gasteiger partial charge in [0.25, 0.3) is 9.84 Å². The summed E-state index contributed by atoms with van der Waals surface area (Å²) in [6, 6.07) is 5.17. The van der Waals surface area contributed by atoms with E-state index in [1.807, 2.05) is 6.92 Å². The van der Waals surface area contributed by atoms with Crippen LogP contribution in [0, 0.1) is 11.1 Å². The number of carbonyl (C=O) groups excluding carboxylic acids is 3. The van der Waals surface area contributed by atoms with Gasteiger partial charge < -0.3 is 39.8 Å². The zero-order valence-corrected chi connectivity index (χ0v) is 31.5. The number of amides is 2. The maximum Gasteiger partial charge on any atom is 0.414 e. The highest BCUT2D eigenvalue weighted by atomic mass is 32.2. The topological polar surface area (TPSA) is 279 Å². The van der Waals surface area contributed by atoms with Gasteiger partial charge in [-0.05, 0) is 62.5 Å². The van der Waals surface area contributed by atoms with Crippen molar-refractivity contribution >= 4 is 41.2 Å². The Morgan fingerprint density at radius 1 is 1.15 bits per heavy atom. The van der Waals surface area contributed by atoms with Gasteiger partial charge in [-0.1, -0.05) is 44.4 Å². The largest absolute Gasteiger partial charge is 0.480 e. The van der Waals surface area contributed by atoms with Crippen LogP contribution in [0.4, 0.5) is 0 Å². The first-order chi connectivity index (χ1) is 25.0. The molecule has 2 aromatic rings. The van der Waals surface area contributed by atoms with Gasteiger partial charge in [0.1, 0.15) is 18.7 Å². The summed E-state index contributed by atoms with van der Waals surface area (Å²) in [6.07, 6.45) is 5.09. The number of nitrogens with zero attached hydrogens (tertiary/aromatic N) is 3. The van der Waals surface area contributed by atoms with Gasteiger partial charge in [0.2, 0.25) is 11.8 Å². The standard InChI is InChI=1S/C19H32N2O5.C13H16N3O9PS/c1-4-8-14(19(25)26-5-2)20-12(3)17(22)21-15-10-7-6-9-13(15)11-16(21)18(23)24;17-11(14-7-9-26(19,20)21)6-8-24-12-13(16(18)25-15-12)27(22,23)10-4-2-1-3-5-10/h12-16,20H,4-11H2,1-3H3,(H,23,24);1-5H,6-9H2,(H,14,17)(H2,19,20,21)/t12-,13-,14-,15-,16-;/m0./s1. The van der Waals surface area contributed by atoms with Crippen LogP contribution in [0.1, 0.15) is 72.1 Å². The van der Waals surface area contributed by atoms with Gasteiger partial charge in [0, 0.05) is 12.6 Å². The molecule has 1 aromatic heterocycles. The van der Waals surface area contributed by atoms with E-state index in [1.54, 1.807) is 24.8 Å². The monoisotopic (exact) mass is 789 g/mol. The summed E-state index contributed by atoms with van der Waals surface area (Å²) in [7, 11) is -8.48. The van der Waals surface area contributed by atoms with E-state index in [0.717, 1.165) is 32.1 Å². The predicted octanol–water partition coefficient (Wildman–Crippen LogP) is 1.14. The molecule has 0 radical (unpaired) electrons. The quantitative estimate of drug-likeness (QED) is 0.0854. The molecule has 0 unspecified atom stereocenters. The van der Waals surface area contributed by atoms with Crippen LogP contribution < -0.4 is 20.3 Å². The van der Waals surface area contributed by atoms with E-state index < -0.39 is 64.5 Å². The number of fused-ring (bicyclic) bond motifs is 1. The molecule has 5 atom stereocenters. The number of hydrogen-bond acceptors (Lipinski definition) is 13. The number of hydrogen-bond donors (Lipinski definition) is 5. The molecule has 1 aliphatic heterocycles. The first kappa shape index (κ1) is 43.3. The fourth-order valence-electron chi connectivity index (χ4n) is 6.31. The smallest absolute Gasteiger partial charge is 0.414 e. The molecule has 4 rings (SSSR count). The molecular formula is C32H48N5O14PS. The van der Waals surface area contributed by atoms with Crippen molar-refractivity contribution in [1.82, 2.24) is 20.7 Å². The van der Waals surface area contributed by atoms with Crippen molar-refractivity contribution in [2.24, 2.45) is 5.92 Å². The maximum atomic E-state index is 13.1. The lowest BCUT2D eigenvalue weighted by molar-refractivity contribution is -0.832. The molecule has 0 bridgehead atoms. The van der Waals surface area contributed by atoms with Crippen LogP contribution in [0.5, 0.6) is 5.88 Å². The second kappa shape index (κ2) is 19.8. The number of rotatable bonds is 17. The summed E-state index contributed by atoms with van der Waals surface area (Å²) in [5.74, 6) is -2.43. The number of aliphatic carboxylic acids is 1. The molecular weight excluding hydrogens is 741 g/mol. The summed E-state index contributed by atoms with van der Waals surface area (Å²) in [6.45, 7) is 5.14. The molecule has 1 saturated heterocycles. The van der Waals surface area contributed by atoms with Gasteiger partial charge in [-0.3, -0.25) is 28.9 Å². The van der Waals surface area contributed by atoms with Gasteiger partial charge in [0.15, 0.2) is 0 Å². The van der Waals surface area contributed by atoms with E-state index in [0.29, 0.717) is 19.4 Å². The van der Waals surface area contributed by atoms with Crippen LogP contribution in [-0.2, 0) is 38.3 Å². The molecule has 1 saturated carbocycles. The Balaban J connectivity index is 0.000000286. The summed E-state index contributed by atoms with van der Waals surface area (Å²) in [5, 5.41) is 29.0. The number of esters is 1. The minimum Gasteiger partial charge on any atom is -0.480 e. The molecule has 2 aliphatic rings. The molecule has 2 fully saturated rings. The van der Waals surface area contributed by atoms with E-state index in [1.165, 1.54) is 24.3 Å². The SMILES string of the molecule is CCC[C@H](N[C@@H](C)C(=O)N1[C@H](C(=O)O)C[C@@H]2CCCC[C@@H]21)C(=O)OCC.O=C(CCOc1no[n+]([O-])c1S(=O)(=O)c1ccccc1)NCCP(=O)(O)O. The molecule has 53 heavy (non-hydrogen) atoms. The lowest BCUT2D eigenvalue weighted by atomic mass is 9.84. The third-order valence-electron chi connectivity index (χ3n) is 8.75. The normalized spacial score (nSPS) is 19.6. The summed E-state index contributed by atoms with van der Waals surface area (Å²) < 4.78 is 50.1. The molecule has 21 heteroatoms. The average molecular weight is 790 g/mol. The van der Waals surface area contributed by atoms with E-state index in [4.69, 9.17) is 19.3 Å². The fourth-order valence-corrected chi connectivity index (χ4v) is 8.00. The van der Waals surface area contributed by atoms with Crippen molar-refractivity contribution in [3.05, 3.63) is 35.5 Å². The number of nitrogens with one attached hydrogen (secondary N) is 2.